The SMILES string of the molecule is CCCc1ncc(C(=O)N2CCC(CCNC)CC2)s1.Cl.Cl. The molecule has 0 aromatic carbocycles. The van der Waals surface area contributed by atoms with Crippen molar-refractivity contribution in [3.63, 3.8) is 0 Å². The van der Waals surface area contributed by atoms with Crippen molar-refractivity contribution in [2.24, 2.45) is 5.92 Å². The lowest BCUT2D eigenvalue weighted by molar-refractivity contribution is 0.0692. The predicted molar refractivity (Wildman–Crippen MR) is 97.8 cm³/mol. The highest BCUT2D eigenvalue weighted by Gasteiger charge is 2.24. The van der Waals surface area contributed by atoms with Gasteiger partial charge < -0.3 is 10.2 Å². The zero-order chi connectivity index (χ0) is 14.4. The van der Waals surface area contributed by atoms with Crippen LogP contribution in [0.1, 0.15) is 47.3 Å². The van der Waals surface area contributed by atoms with Gasteiger partial charge in [-0.15, -0.1) is 36.2 Å². The summed E-state index contributed by atoms with van der Waals surface area (Å²) in [6, 6.07) is 0. The van der Waals surface area contributed by atoms with Crippen LogP contribution in [0, 0.1) is 5.92 Å². The zero-order valence-corrected chi connectivity index (χ0v) is 15.8. The van der Waals surface area contributed by atoms with Gasteiger partial charge in [-0.3, -0.25) is 4.79 Å². The number of likely N-dealkylation sites (tertiary alicyclic amines) is 1. The van der Waals surface area contributed by atoms with Crippen molar-refractivity contribution in [3.8, 4) is 0 Å². The first-order valence-corrected chi connectivity index (χ1v) is 8.44. The summed E-state index contributed by atoms with van der Waals surface area (Å²) < 4.78 is 0. The lowest BCUT2D eigenvalue weighted by Gasteiger charge is -2.31. The number of carbonyl (C=O) groups excluding carboxylic acids is 1. The number of halogens is 2. The summed E-state index contributed by atoms with van der Waals surface area (Å²) >= 11 is 1.56. The van der Waals surface area contributed by atoms with Crippen LogP contribution in [0.25, 0.3) is 0 Å². The van der Waals surface area contributed by atoms with Crippen LogP contribution in [0.3, 0.4) is 0 Å². The fourth-order valence-electron chi connectivity index (χ4n) is 2.67. The van der Waals surface area contributed by atoms with Crippen LogP contribution >= 0.6 is 36.2 Å². The molecule has 0 radical (unpaired) electrons. The van der Waals surface area contributed by atoms with E-state index in [0.717, 1.165) is 61.1 Å². The first kappa shape index (κ1) is 21.6. The van der Waals surface area contributed by atoms with E-state index < -0.39 is 0 Å². The molecule has 0 unspecified atom stereocenters. The summed E-state index contributed by atoms with van der Waals surface area (Å²) in [6.45, 7) is 5.01. The summed E-state index contributed by atoms with van der Waals surface area (Å²) in [5.74, 6) is 0.945. The van der Waals surface area contributed by atoms with Gasteiger partial charge in [-0.1, -0.05) is 6.92 Å². The molecule has 4 nitrogen and oxygen atoms in total. The minimum atomic E-state index is 0. The molecule has 0 spiro atoms. The second-order valence-electron chi connectivity index (χ2n) is 5.50. The average Bonchev–Trinajstić information content (AvgIpc) is 2.94. The molecule has 0 bridgehead atoms. The van der Waals surface area contributed by atoms with Crippen LogP contribution in [-0.4, -0.2) is 42.5 Å². The Labute approximate surface area is 149 Å². The zero-order valence-electron chi connectivity index (χ0n) is 13.3. The molecule has 128 valence electrons. The first-order valence-electron chi connectivity index (χ1n) is 7.63. The maximum Gasteiger partial charge on any atom is 0.265 e. The van der Waals surface area contributed by atoms with E-state index in [1.807, 2.05) is 11.9 Å². The third-order valence-electron chi connectivity index (χ3n) is 3.93. The molecular weight excluding hydrogens is 341 g/mol. The van der Waals surface area contributed by atoms with E-state index in [1.54, 1.807) is 17.5 Å². The van der Waals surface area contributed by atoms with E-state index in [2.05, 4.69) is 17.2 Å². The Morgan fingerprint density at radius 3 is 2.68 bits per heavy atom. The third kappa shape index (κ3) is 6.03. The number of aromatic nitrogens is 1. The molecule has 1 fully saturated rings. The number of piperidine rings is 1. The first-order chi connectivity index (χ1) is 9.74. The van der Waals surface area contributed by atoms with Gasteiger partial charge in [-0.2, -0.15) is 0 Å². The number of hydrogen-bond acceptors (Lipinski definition) is 4. The van der Waals surface area contributed by atoms with Gasteiger partial charge >= 0.3 is 0 Å². The van der Waals surface area contributed by atoms with E-state index in [4.69, 9.17) is 0 Å². The Morgan fingerprint density at radius 2 is 2.09 bits per heavy atom. The fourth-order valence-corrected chi connectivity index (χ4v) is 3.65. The summed E-state index contributed by atoms with van der Waals surface area (Å²) in [5, 5.41) is 4.29. The van der Waals surface area contributed by atoms with E-state index in [-0.39, 0.29) is 30.7 Å². The Bertz CT molecular complexity index is 434. The number of hydrogen-bond donors (Lipinski definition) is 1. The number of nitrogens with zero attached hydrogens (tertiary/aromatic N) is 2. The van der Waals surface area contributed by atoms with Crippen LogP contribution < -0.4 is 5.32 Å². The Hall–Kier alpha value is -0.360. The van der Waals surface area contributed by atoms with Crippen molar-refractivity contribution in [2.45, 2.75) is 39.0 Å². The van der Waals surface area contributed by atoms with Crippen LogP contribution in [0.5, 0.6) is 0 Å². The maximum atomic E-state index is 12.4. The van der Waals surface area contributed by atoms with Crippen molar-refractivity contribution < 1.29 is 4.79 Å². The van der Waals surface area contributed by atoms with Gasteiger partial charge in [0.1, 0.15) is 4.88 Å². The molecule has 1 N–H and O–H groups in total. The molecule has 2 heterocycles. The summed E-state index contributed by atoms with van der Waals surface area (Å²) in [5.41, 5.74) is 0. The average molecular weight is 368 g/mol. The molecule has 2 rings (SSSR count). The van der Waals surface area contributed by atoms with E-state index in [0.29, 0.717) is 0 Å². The fraction of sp³-hybridized carbons (Fsp3) is 0.733. The highest BCUT2D eigenvalue weighted by Crippen LogP contribution is 2.23. The van der Waals surface area contributed by atoms with Crippen LogP contribution in [0.15, 0.2) is 6.20 Å². The maximum absolute atomic E-state index is 12.4. The van der Waals surface area contributed by atoms with Crippen molar-refractivity contribution in [1.29, 1.82) is 0 Å². The quantitative estimate of drug-likeness (QED) is 0.837. The Kier molecular flexibility index (Phi) is 11.0. The minimum absolute atomic E-state index is 0. The molecule has 1 aliphatic rings. The summed E-state index contributed by atoms with van der Waals surface area (Å²) in [4.78, 5) is 19.6. The topological polar surface area (TPSA) is 45.2 Å². The standard InChI is InChI=1S/C15H25N3OS.2ClH/c1-3-4-14-17-11-13(20-14)15(19)18-9-6-12(7-10-18)5-8-16-2;;/h11-12,16H,3-10H2,1-2H3;2*1H. The lowest BCUT2D eigenvalue weighted by Crippen LogP contribution is -2.38. The van der Waals surface area contributed by atoms with Gasteiger partial charge in [-0.05, 0) is 51.6 Å². The Balaban J connectivity index is 0.00000220. The van der Waals surface area contributed by atoms with Gasteiger partial charge in [0.2, 0.25) is 0 Å². The highest BCUT2D eigenvalue weighted by molar-refractivity contribution is 7.13. The monoisotopic (exact) mass is 367 g/mol. The number of rotatable bonds is 6. The minimum Gasteiger partial charge on any atom is -0.338 e. The highest BCUT2D eigenvalue weighted by atomic mass is 35.5. The molecule has 7 heteroatoms. The van der Waals surface area contributed by atoms with Crippen LogP contribution in [-0.2, 0) is 6.42 Å². The third-order valence-corrected chi connectivity index (χ3v) is 4.98. The van der Waals surface area contributed by atoms with Crippen LogP contribution in [0.2, 0.25) is 0 Å². The molecule has 1 amide bonds. The largest absolute Gasteiger partial charge is 0.338 e. The van der Waals surface area contributed by atoms with Gasteiger partial charge in [0.15, 0.2) is 0 Å². The van der Waals surface area contributed by atoms with E-state index in [1.165, 1.54) is 6.42 Å². The number of aryl methyl sites for hydroxylation is 1. The van der Waals surface area contributed by atoms with E-state index >= 15 is 0 Å². The molecule has 1 aromatic heterocycles. The molecule has 1 aliphatic heterocycles. The molecule has 0 saturated carbocycles. The molecule has 22 heavy (non-hydrogen) atoms. The number of carbonyl (C=O) groups is 1. The van der Waals surface area contributed by atoms with Crippen molar-refractivity contribution >= 4 is 42.1 Å². The van der Waals surface area contributed by atoms with Gasteiger partial charge in [0.05, 0.1) is 11.2 Å². The number of thiazole rings is 1. The molecule has 0 atom stereocenters. The van der Waals surface area contributed by atoms with Crippen LogP contribution in [0.4, 0.5) is 0 Å². The second-order valence-corrected chi connectivity index (χ2v) is 6.61. The lowest BCUT2D eigenvalue weighted by atomic mass is 9.93. The van der Waals surface area contributed by atoms with Gasteiger partial charge in [0.25, 0.3) is 5.91 Å². The van der Waals surface area contributed by atoms with Crippen molar-refractivity contribution in [1.82, 2.24) is 15.2 Å². The molecule has 0 aliphatic carbocycles. The summed E-state index contributed by atoms with van der Waals surface area (Å²) in [6.07, 6.45) is 7.30. The van der Waals surface area contributed by atoms with Gasteiger partial charge in [-0.25, -0.2) is 4.98 Å². The summed E-state index contributed by atoms with van der Waals surface area (Å²) in [7, 11) is 2.00. The molecule has 1 aromatic rings. The molecule has 1 saturated heterocycles. The predicted octanol–water partition coefficient (Wildman–Crippen LogP) is 3.40. The van der Waals surface area contributed by atoms with Crippen molar-refractivity contribution in [2.75, 3.05) is 26.7 Å². The number of nitrogens with one attached hydrogen (secondary N) is 1. The molecular formula is C15H27Cl2N3OS. The number of amides is 1. The normalized spacial score (nSPS) is 15.1. The van der Waals surface area contributed by atoms with Crippen molar-refractivity contribution in [3.05, 3.63) is 16.1 Å². The second kappa shape index (κ2) is 11.2. The van der Waals surface area contributed by atoms with Gasteiger partial charge in [0, 0.05) is 13.1 Å². The van der Waals surface area contributed by atoms with E-state index in [9.17, 15) is 4.79 Å². The Morgan fingerprint density at radius 1 is 1.41 bits per heavy atom. The smallest absolute Gasteiger partial charge is 0.265 e.